The molecule has 0 aromatic carbocycles. The van der Waals surface area contributed by atoms with Crippen LogP contribution in [0.25, 0.3) is 0 Å². The summed E-state index contributed by atoms with van der Waals surface area (Å²) in [5.74, 6) is 0. The van der Waals surface area contributed by atoms with Crippen LogP contribution in [0.3, 0.4) is 0 Å². The van der Waals surface area contributed by atoms with Gasteiger partial charge < -0.3 is 5.48 Å². The van der Waals surface area contributed by atoms with Gasteiger partial charge in [-0.3, -0.25) is 0 Å². The molecule has 4 radical (unpaired) electrons. The minimum atomic E-state index is -0.861. The molecule has 0 aromatic heterocycles. The number of hydrogen-bond donors (Lipinski definition) is 0. The van der Waals surface area contributed by atoms with Crippen LogP contribution in [0.2, 0.25) is 0 Å². The van der Waals surface area contributed by atoms with Crippen LogP contribution >= 0.6 is 33.8 Å². The third-order valence-electron chi connectivity index (χ3n) is 0. The fourth-order valence-electron chi connectivity index (χ4n) is 0. The van der Waals surface area contributed by atoms with E-state index in [-0.39, 0.29) is 5.48 Å². The summed E-state index contributed by atoms with van der Waals surface area (Å²) in [7, 11) is 0. The first-order chi connectivity index (χ1) is 1.73. The Hall–Kier alpha value is 3.79. The molecule has 5 heavy (non-hydrogen) atoms. The first-order valence-electron chi connectivity index (χ1n) is 1.13. The van der Waals surface area contributed by atoms with Gasteiger partial charge in [-0.05, 0) is 0 Å². The van der Waals surface area contributed by atoms with Crippen LogP contribution in [0.15, 0.2) is 0 Å². The van der Waals surface area contributed by atoms with Gasteiger partial charge >= 0.3 is 59.2 Å². The Balaban J connectivity index is 0. The fraction of sp³-hybridized carbons (Fsp3) is 0. The summed E-state index contributed by atoms with van der Waals surface area (Å²) < 4.78 is 0. The normalized spacial score (nSPS) is 7.20. The fourth-order valence-corrected chi connectivity index (χ4v) is 0. The predicted molar refractivity (Wildman–Crippen MR) is 51.4 cm³/mol. The number of rotatable bonds is 0. The molecule has 0 amide bonds. The van der Waals surface area contributed by atoms with Gasteiger partial charge in [-0.1, -0.05) is 0 Å². The van der Waals surface area contributed by atoms with Crippen molar-refractivity contribution in [2.24, 2.45) is 0 Å². The molecule has 0 rings (SSSR count). The molecule has 5 heteroatoms. The molecule has 0 heterocycles. The van der Waals surface area contributed by atoms with Crippen molar-refractivity contribution >= 4 is 59.2 Å². The molecule has 0 spiro atoms. The van der Waals surface area contributed by atoms with Gasteiger partial charge in [0.25, 0.3) is 0 Å². The van der Waals surface area contributed by atoms with E-state index in [1.165, 1.54) is 0 Å². The quantitative estimate of drug-likeness (QED) is 0.406. The molecule has 2 N–H and O–H groups in total. The summed E-state index contributed by atoms with van der Waals surface area (Å²) in [6, 6.07) is 0. The van der Waals surface area contributed by atoms with E-state index in [1.807, 2.05) is 0 Å². The SMILES string of the molecule is O.[I][K]([I])[I]. The molecular formula is H2I3KO. The molecule has 0 unspecified atom stereocenters. The second-order valence-electron chi connectivity index (χ2n) is 0.429. The minimum absolute atomic E-state index is 0. The Labute approximate surface area is 61.1 Å². The van der Waals surface area contributed by atoms with Crippen molar-refractivity contribution < 1.29 is 5.48 Å². The van der Waals surface area contributed by atoms with Crippen molar-refractivity contribution in [2.45, 2.75) is 0 Å². The Morgan fingerprint density at radius 2 is 1.00 bits per heavy atom. The zero-order valence-electron chi connectivity index (χ0n) is 2.63. The van der Waals surface area contributed by atoms with Crippen LogP contribution in [-0.2, 0) is 0 Å². The van der Waals surface area contributed by atoms with Gasteiger partial charge in [0.15, 0.2) is 0 Å². The van der Waals surface area contributed by atoms with Crippen molar-refractivity contribution in [3.63, 3.8) is 0 Å². The third kappa shape index (κ3) is 18.2. The van der Waals surface area contributed by atoms with Gasteiger partial charge in [-0.2, -0.15) is 0 Å². The van der Waals surface area contributed by atoms with Crippen LogP contribution in [0, 0.1) is 0 Å². The second-order valence-corrected chi connectivity index (χ2v) is 79.5. The van der Waals surface area contributed by atoms with E-state index < -0.39 is 25.3 Å². The molecule has 0 aliphatic carbocycles. The molecule has 0 fully saturated rings. The zero-order valence-corrected chi connectivity index (χ0v) is 12.2. The summed E-state index contributed by atoms with van der Waals surface area (Å²) in [5, 5.41) is 0. The Bertz CT molecular complexity index is 11.6. The number of hydrogen-bond acceptors (Lipinski definition) is 0. The molecule has 0 bridgehead atoms. The van der Waals surface area contributed by atoms with Crippen molar-refractivity contribution in [1.29, 1.82) is 0 Å². The van der Waals surface area contributed by atoms with Crippen LogP contribution in [0.4, 0.5) is 0 Å². The Kier molecular flexibility index (Phi) is 18.0. The van der Waals surface area contributed by atoms with Gasteiger partial charge in [0.2, 0.25) is 0 Å². The molecule has 0 aliphatic rings. The van der Waals surface area contributed by atoms with Crippen molar-refractivity contribution in [3.8, 4) is 0 Å². The van der Waals surface area contributed by atoms with E-state index in [9.17, 15) is 0 Å². The standard InChI is InChI=1S/3HI.K.H2O/h3*1H;;1H2/q;;;+3;/p-3. The summed E-state index contributed by atoms with van der Waals surface area (Å²) in [4.78, 5) is 0. The van der Waals surface area contributed by atoms with E-state index in [4.69, 9.17) is 0 Å². The van der Waals surface area contributed by atoms with Crippen molar-refractivity contribution in [2.75, 3.05) is 0 Å². The van der Waals surface area contributed by atoms with E-state index in [0.717, 1.165) is 0 Å². The molecule has 0 atom stereocenters. The van der Waals surface area contributed by atoms with E-state index in [0.29, 0.717) is 0 Å². The van der Waals surface area contributed by atoms with Gasteiger partial charge in [0.05, 0.1) is 0 Å². The first-order valence-corrected chi connectivity index (χ1v) is 31.4. The predicted octanol–water partition coefficient (Wildman–Crippen LogP) is 1.45. The summed E-state index contributed by atoms with van der Waals surface area (Å²) in [6.45, 7) is 0. The van der Waals surface area contributed by atoms with Crippen LogP contribution in [0.5, 0.6) is 0 Å². The summed E-state index contributed by atoms with van der Waals surface area (Å²) >= 11 is 6.78. The zero-order chi connectivity index (χ0) is 3.58. The first kappa shape index (κ1) is 11.6. The molecule has 0 aromatic rings. The maximum absolute atomic E-state index is 2.55. The van der Waals surface area contributed by atoms with Crippen molar-refractivity contribution in [1.82, 2.24) is 0 Å². The topological polar surface area (TPSA) is 31.5 Å². The molecule has 30 valence electrons. The molecule has 0 aliphatic heterocycles. The van der Waals surface area contributed by atoms with Gasteiger partial charge in [0, 0.05) is 0 Å². The van der Waals surface area contributed by atoms with Crippen LogP contribution in [-0.4, -0.2) is 30.8 Å². The molecular weight excluding hydrogens is 436 g/mol. The molecule has 1 nitrogen and oxygen atoms in total. The van der Waals surface area contributed by atoms with Gasteiger partial charge in [0.1, 0.15) is 0 Å². The average Bonchev–Trinajstić information content (AvgIpc) is 0.811. The maximum atomic E-state index is 2.55. The van der Waals surface area contributed by atoms with E-state index in [2.05, 4.69) is 33.8 Å². The van der Waals surface area contributed by atoms with Gasteiger partial charge in [-0.25, -0.2) is 0 Å². The second kappa shape index (κ2) is 7.79. The Morgan fingerprint density at radius 3 is 1.00 bits per heavy atom. The van der Waals surface area contributed by atoms with Crippen LogP contribution < -0.4 is 0 Å². The molecule has 0 saturated carbocycles. The van der Waals surface area contributed by atoms with Gasteiger partial charge in [-0.15, -0.1) is 0 Å². The summed E-state index contributed by atoms with van der Waals surface area (Å²) in [5.41, 5.74) is 0. The molecule has 0 saturated heterocycles. The van der Waals surface area contributed by atoms with E-state index >= 15 is 0 Å². The van der Waals surface area contributed by atoms with Crippen molar-refractivity contribution in [3.05, 3.63) is 0 Å². The average molecular weight is 438 g/mol. The monoisotopic (exact) mass is 438 g/mol. The Morgan fingerprint density at radius 1 is 1.00 bits per heavy atom. The number of halogens is 3. The summed E-state index contributed by atoms with van der Waals surface area (Å²) in [6.07, 6.45) is 0. The third-order valence-corrected chi connectivity index (χ3v) is 0. The van der Waals surface area contributed by atoms with E-state index in [1.54, 1.807) is 0 Å². The van der Waals surface area contributed by atoms with Crippen LogP contribution in [0.1, 0.15) is 0 Å².